The molecule has 0 radical (unpaired) electrons. The van der Waals surface area contributed by atoms with E-state index in [1.54, 1.807) is 55.6 Å². The molecule has 0 spiro atoms. The van der Waals surface area contributed by atoms with Crippen molar-refractivity contribution >= 4 is 29.2 Å². The topological polar surface area (TPSA) is 93.7 Å². The second kappa shape index (κ2) is 7.16. The summed E-state index contributed by atoms with van der Waals surface area (Å²) < 4.78 is 10.6. The molecule has 1 heterocycles. The fraction of sp³-hybridized carbons (Fsp3) is 0.348. The molecule has 2 bridgehead atoms. The van der Waals surface area contributed by atoms with Crippen LogP contribution in [0.5, 0.6) is 5.75 Å². The van der Waals surface area contributed by atoms with E-state index < -0.39 is 0 Å². The number of rotatable bonds is 5. The number of carbonyl (C=O) groups is 3. The molecule has 2 aliphatic carbocycles. The number of methoxy groups -OCH3 is 1. The van der Waals surface area contributed by atoms with Crippen LogP contribution in [0, 0.1) is 23.7 Å². The number of esters is 1. The van der Waals surface area contributed by atoms with Gasteiger partial charge in [-0.3, -0.25) is 14.4 Å². The van der Waals surface area contributed by atoms with E-state index in [1.165, 1.54) is 0 Å². The summed E-state index contributed by atoms with van der Waals surface area (Å²) in [6.45, 7) is 0. The molecule has 3 fully saturated rings. The summed E-state index contributed by atoms with van der Waals surface area (Å²) in [5.41, 5.74) is 1.57. The summed E-state index contributed by atoms with van der Waals surface area (Å²) in [5.74, 6) is -0.362. The second-order valence-corrected chi connectivity index (χ2v) is 8.18. The number of amides is 2. The normalized spacial score (nSPS) is 28.2. The van der Waals surface area contributed by atoms with Crippen LogP contribution in [-0.4, -0.2) is 31.0 Å². The highest BCUT2D eigenvalue weighted by molar-refractivity contribution is 6.05. The number of carbonyl (C=O) groups excluding carboxylic acids is 3. The quantitative estimate of drug-likeness (QED) is 0.745. The van der Waals surface area contributed by atoms with E-state index in [0.29, 0.717) is 22.7 Å². The average Bonchev–Trinajstić information content (AvgIpc) is 3.37. The van der Waals surface area contributed by atoms with Gasteiger partial charge in [-0.1, -0.05) is 12.1 Å². The Morgan fingerprint density at radius 2 is 1.80 bits per heavy atom. The van der Waals surface area contributed by atoms with Crippen LogP contribution in [0.2, 0.25) is 0 Å². The van der Waals surface area contributed by atoms with E-state index in [-0.39, 0.29) is 47.6 Å². The summed E-state index contributed by atoms with van der Waals surface area (Å²) in [6, 6.07) is 13.9. The van der Waals surface area contributed by atoms with Crippen LogP contribution < -0.4 is 15.4 Å². The zero-order chi connectivity index (χ0) is 20.8. The van der Waals surface area contributed by atoms with Crippen molar-refractivity contribution in [3.05, 3.63) is 54.1 Å². The summed E-state index contributed by atoms with van der Waals surface area (Å²) in [4.78, 5) is 37.7. The molecule has 2 amide bonds. The summed E-state index contributed by atoms with van der Waals surface area (Å²) in [6.07, 6.45) is 1.65. The third-order valence-electron chi connectivity index (χ3n) is 6.51. The first-order chi connectivity index (χ1) is 14.5. The van der Waals surface area contributed by atoms with Crippen molar-refractivity contribution in [1.82, 2.24) is 0 Å². The molecule has 3 aliphatic rings. The van der Waals surface area contributed by atoms with Crippen LogP contribution in [0.25, 0.3) is 0 Å². The molecule has 154 valence electrons. The van der Waals surface area contributed by atoms with Crippen LogP contribution in [0.1, 0.15) is 23.2 Å². The largest absolute Gasteiger partial charge is 0.497 e. The van der Waals surface area contributed by atoms with Gasteiger partial charge in [-0.05, 0) is 49.1 Å². The van der Waals surface area contributed by atoms with Gasteiger partial charge in [-0.25, -0.2) is 0 Å². The predicted octanol–water partition coefficient (Wildman–Crippen LogP) is 3.08. The van der Waals surface area contributed by atoms with Gasteiger partial charge in [0.1, 0.15) is 11.9 Å². The summed E-state index contributed by atoms with van der Waals surface area (Å²) >= 11 is 0. The Hall–Kier alpha value is -3.35. The highest BCUT2D eigenvalue weighted by Crippen LogP contribution is 2.57. The minimum absolute atomic E-state index is 0.000171. The first kappa shape index (κ1) is 18.7. The van der Waals surface area contributed by atoms with Crippen molar-refractivity contribution in [2.24, 2.45) is 23.7 Å². The molecule has 0 unspecified atom stereocenters. The molecule has 1 aliphatic heterocycles. The minimum Gasteiger partial charge on any atom is -0.497 e. The molecule has 0 aromatic heterocycles. The molecule has 2 saturated carbocycles. The highest BCUT2D eigenvalue weighted by atomic mass is 16.6. The molecular formula is C23H22N2O5. The van der Waals surface area contributed by atoms with E-state index in [4.69, 9.17) is 9.47 Å². The van der Waals surface area contributed by atoms with Gasteiger partial charge in [-0.2, -0.15) is 0 Å². The number of hydrogen-bond acceptors (Lipinski definition) is 5. The summed E-state index contributed by atoms with van der Waals surface area (Å²) in [5, 5.41) is 5.73. The van der Waals surface area contributed by atoms with Gasteiger partial charge in [0.2, 0.25) is 5.91 Å². The van der Waals surface area contributed by atoms with Gasteiger partial charge < -0.3 is 20.1 Å². The van der Waals surface area contributed by atoms with Gasteiger partial charge in [0.25, 0.3) is 5.91 Å². The van der Waals surface area contributed by atoms with E-state index in [0.717, 1.165) is 12.8 Å². The van der Waals surface area contributed by atoms with Crippen molar-refractivity contribution in [3.8, 4) is 5.75 Å². The van der Waals surface area contributed by atoms with Gasteiger partial charge >= 0.3 is 5.97 Å². The highest BCUT2D eigenvalue weighted by Gasteiger charge is 2.63. The molecule has 30 heavy (non-hydrogen) atoms. The maximum absolute atomic E-state index is 12.9. The number of anilines is 2. The Bertz CT molecular complexity index is 1030. The monoisotopic (exact) mass is 406 g/mol. The van der Waals surface area contributed by atoms with Crippen molar-refractivity contribution in [1.29, 1.82) is 0 Å². The minimum atomic E-state index is -0.351. The van der Waals surface area contributed by atoms with Crippen molar-refractivity contribution in [2.75, 3.05) is 17.7 Å². The zero-order valence-corrected chi connectivity index (χ0v) is 16.5. The SMILES string of the molecule is COc1cccc(NC(=O)c2cccc(NC(=O)[C@H]3[C@@H]4C[C@H]5[C@@H]3C(=O)O[C@@H]5C4)c2)c1. The first-order valence-corrected chi connectivity index (χ1v) is 10.1. The van der Waals surface area contributed by atoms with Crippen molar-refractivity contribution in [3.63, 3.8) is 0 Å². The van der Waals surface area contributed by atoms with Crippen molar-refractivity contribution < 1.29 is 23.9 Å². The average molecular weight is 406 g/mol. The third-order valence-corrected chi connectivity index (χ3v) is 6.51. The van der Waals surface area contributed by atoms with Crippen LogP contribution in [-0.2, 0) is 14.3 Å². The standard InChI is InChI=1S/C23H22N2O5/c1-29-16-7-3-6-15(11-16)24-21(26)12-4-2-5-14(8-12)25-22(27)19-13-9-17-18(10-13)30-23(28)20(17)19/h2-8,11,13,17-20H,9-10H2,1H3,(H,24,26)(H,25,27)/t13-,17-,18-,19+,20+/m1/s1. The smallest absolute Gasteiger partial charge is 0.310 e. The molecule has 1 saturated heterocycles. The number of nitrogens with one attached hydrogen (secondary N) is 2. The lowest BCUT2D eigenvalue weighted by atomic mass is 9.79. The van der Waals surface area contributed by atoms with Gasteiger partial charge in [0.05, 0.1) is 18.9 Å². The zero-order valence-electron chi connectivity index (χ0n) is 16.5. The molecule has 7 heteroatoms. The van der Waals surface area contributed by atoms with Crippen LogP contribution in [0.15, 0.2) is 48.5 Å². The summed E-state index contributed by atoms with van der Waals surface area (Å²) in [7, 11) is 1.56. The lowest BCUT2D eigenvalue weighted by molar-refractivity contribution is -0.145. The van der Waals surface area contributed by atoms with E-state index in [9.17, 15) is 14.4 Å². The Kier molecular flexibility index (Phi) is 4.46. The number of benzene rings is 2. The second-order valence-electron chi connectivity index (χ2n) is 8.18. The molecule has 2 aromatic carbocycles. The van der Waals surface area contributed by atoms with E-state index >= 15 is 0 Å². The van der Waals surface area contributed by atoms with Crippen LogP contribution in [0.3, 0.4) is 0 Å². The lowest BCUT2D eigenvalue weighted by Crippen LogP contribution is -2.35. The van der Waals surface area contributed by atoms with Gasteiger partial charge in [0, 0.05) is 28.9 Å². The van der Waals surface area contributed by atoms with Gasteiger partial charge in [-0.15, -0.1) is 0 Å². The fourth-order valence-corrected chi connectivity index (χ4v) is 5.23. The van der Waals surface area contributed by atoms with E-state index in [2.05, 4.69) is 10.6 Å². The predicted molar refractivity (Wildman–Crippen MR) is 109 cm³/mol. The molecule has 7 nitrogen and oxygen atoms in total. The Morgan fingerprint density at radius 3 is 2.60 bits per heavy atom. The Labute approximate surface area is 173 Å². The van der Waals surface area contributed by atoms with Gasteiger partial charge in [0.15, 0.2) is 0 Å². The maximum atomic E-state index is 12.9. The molecular weight excluding hydrogens is 384 g/mol. The van der Waals surface area contributed by atoms with E-state index in [1.807, 2.05) is 0 Å². The van der Waals surface area contributed by atoms with Crippen LogP contribution >= 0.6 is 0 Å². The van der Waals surface area contributed by atoms with Crippen molar-refractivity contribution in [2.45, 2.75) is 18.9 Å². The number of ether oxygens (including phenoxy) is 2. The molecule has 5 atom stereocenters. The Morgan fingerprint density at radius 1 is 1.03 bits per heavy atom. The number of hydrogen-bond donors (Lipinski definition) is 2. The number of fused-ring (bicyclic) bond motifs is 1. The lowest BCUT2D eigenvalue weighted by Gasteiger charge is -2.23. The third kappa shape index (κ3) is 3.10. The molecule has 2 aromatic rings. The first-order valence-electron chi connectivity index (χ1n) is 10.1. The Balaban J connectivity index is 1.29. The molecule has 5 rings (SSSR count). The van der Waals surface area contributed by atoms with Crippen LogP contribution in [0.4, 0.5) is 11.4 Å². The fourth-order valence-electron chi connectivity index (χ4n) is 5.23. The molecule has 2 N–H and O–H groups in total. The maximum Gasteiger partial charge on any atom is 0.310 e.